The summed E-state index contributed by atoms with van der Waals surface area (Å²) < 4.78 is 26.0. The molecule has 5 N–H and O–H groups in total. The van der Waals surface area contributed by atoms with Gasteiger partial charge >= 0.3 is 11.9 Å². The highest BCUT2D eigenvalue weighted by atomic mass is 31.2. The molecule has 0 saturated carbocycles. The summed E-state index contributed by atoms with van der Waals surface area (Å²) in [6.07, 6.45) is 39.4. The molecule has 0 heterocycles. The first kappa shape index (κ1) is 81.4. The molecule has 0 radical (unpaired) electrons. The van der Waals surface area contributed by atoms with Crippen LogP contribution in [-0.4, -0.2) is 179 Å². The fourth-order valence-corrected chi connectivity index (χ4v) is 13.1. The number of carbonyl (C=O) groups excluding carboxylic acids is 5. The van der Waals surface area contributed by atoms with E-state index in [1.54, 1.807) is 0 Å². The molecule has 0 unspecified atom stereocenters. The predicted octanol–water partition coefficient (Wildman–Crippen LogP) is 13.0. The third-order valence-corrected chi connectivity index (χ3v) is 19.3. The SMILES string of the molecule is CCCCCCCCCOC(=O)CCCCCN(CCCCCCCC(=O)OC(CCCCCCCC)CCCCCCCC)CCCCNC(=O)CCP(=O)(CCC(=O)NCCCN(C)CCCO)CCC(=O)NCCCN(C)CCCO. The van der Waals surface area contributed by atoms with Crippen LogP contribution in [0.1, 0.15) is 278 Å². The van der Waals surface area contributed by atoms with Gasteiger partial charge in [-0.25, -0.2) is 0 Å². The molecule has 0 rings (SSSR count). The maximum Gasteiger partial charge on any atom is 0.306 e. The number of nitrogens with one attached hydrogen (secondary N) is 3. The van der Waals surface area contributed by atoms with Crippen molar-refractivity contribution < 1.29 is 48.2 Å². The normalized spacial score (nSPS) is 11.8. The van der Waals surface area contributed by atoms with Gasteiger partial charge in [-0.3, -0.25) is 24.0 Å². The Labute approximate surface area is 515 Å². The summed E-state index contributed by atoms with van der Waals surface area (Å²) in [6, 6.07) is 0. The van der Waals surface area contributed by atoms with Gasteiger partial charge < -0.3 is 54.9 Å². The van der Waals surface area contributed by atoms with Crippen molar-refractivity contribution in [1.82, 2.24) is 30.7 Å². The second-order valence-electron chi connectivity index (χ2n) is 24.4. The number of aliphatic hydroxyl groups is 2. The summed E-state index contributed by atoms with van der Waals surface area (Å²) in [5, 5.41) is 27.1. The Morgan fingerprint density at radius 2 is 0.738 bits per heavy atom. The maximum absolute atomic E-state index is 14.4. The van der Waals surface area contributed by atoms with Gasteiger partial charge in [0.1, 0.15) is 6.10 Å². The van der Waals surface area contributed by atoms with Crippen LogP contribution in [0.4, 0.5) is 0 Å². The number of carbonyl (C=O) groups is 5. The largest absolute Gasteiger partial charge is 0.466 e. The highest BCUT2D eigenvalue weighted by Gasteiger charge is 2.26. The number of unbranched alkanes of at least 4 members (excludes halogenated alkanes) is 23. The number of amides is 3. The summed E-state index contributed by atoms with van der Waals surface area (Å²) in [4.78, 5) is 71.2. The molecule has 0 atom stereocenters. The second kappa shape index (κ2) is 60.7. The minimum atomic E-state index is -3.05. The zero-order chi connectivity index (χ0) is 61.8. The average Bonchev–Trinajstić information content (AvgIpc) is 3.50. The molecule has 84 heavy (non-hydrogen) atoms. The smallest absolute Gasteiger partial charge is 0.306 e. The van der Waals surface area contributed by atoms with Crippen molar-refractivity contribution in [2.75, 3.05) is 118 Å². The van der Waals surface area contributed by atoms with Gasteiger partial charge in [-0.2, -0.15) is 0 Å². The molecule has 0 spiro atoms. The summed E-state index contributed by atoms with van der Waals surface area (Å²) in [5.74, 6) is -0.674. The van der Waals surface area contributed by atoms with E-state index in [9.17, 15) is 28.5 Å². The molecule has 0 aliphatic heterocycles. The van der Waals surface area contributed by atoms with Gasteiger partial charge in [0.05, 0.1) is 13.7 Å². The standard InChI is InChI=1S/C67H133N6O10P/c1-6-9-12-15-18-24-34-58-82-66(79)41-29-25-32-54-73(53-31-23-19-22-28-42-67(80)83-62(39-26-20-16-13-10-7-2)40-27-21-17-14-11-8-3)55-33-30-46-68-63(76)43-59-84(81,60-44-64(77)69-47-35-49-71(4)51-37-56-74)61-45-65(78)70-48-36-50-72(5)52-38-57-75/h62,74-75H,6-61H2,1-5H3,(H,68,76)(H,69,77)(H,70,78). The van der Waals surface area contributed by atoms with E-state index < -0.39 is 7.14 Å². The van der Waals surface area contributed by atoms with Crippen molar-refractivity contribution in [3.05, 3.63) is 0 Å². The first-order valence-electron chi connectivity index (χ1n) is 34.8. The minimum Gasteiger partial charge on any atom is -0.466 e. The molecule has 0 fully saturated rings. The molecule has 0 aromatic heterocycles. The van der Waals surface area contributed by atoms with E-state index in [2.05, 4.69) is 51.4 Å². The van der Waals surface area contributed by atoms with Crippen molar-refractivity contribution >= 4 is 36.8 Å². The molecular weight excluding hydrogens is 1080 g/mol. The Morgan fingerprint density at radius 1 is 0.393 bits per heavy atom. The van der Waals surface area contributed by atoms with Crippen LogP contribution in [0.25, 0.3) is 0 Å². The molecule has 0 aliphatic rings. The van der Waals surface area contributed by atoms with Crippen LogP contribution in [0.2, 0.25) is 0 Å². The van der Waals surface area contributed by atoms with E-state index in [-0.39, 0.29) is 86.7 Å². The molecule has 0 aliphatic carbocycles. The molecule has 0 saturated heterocycles. The van der Waals surface area contributed by atoms with Gasteiger partial charge in [-0.1, -0.05) is 149 Å². The van der Waals surface area contributed by atoms with Crippen LogP contribution in [0, 0.1) is 0 Å². The Bertz CT molecular complexity index is 1540. The Hall–Kier alpha value is -2.62. The van der Waals surface area contributed by atoms with Crippen LogP contribution < -0.4 is 16.0 Å². The Morgan fingerprint density at radius 3 is 1.18 bits per heavy atom. The highest BCUT2D eigenvalue weighted by Crippen LogP contribution is 2.47. The van der Waals surface area contributed by atoms with Gasteiger partial charge in [0.25, 0.3) is 0 Å². The molecular formula is C67H133N6O10P. The predicted molar refractivity (Wildman–Crippen MR) is 349 cm³/mol. The van der Waals surface area contributed by atoms with Crippen LogP contribution in [0.3, 0.4) is 0 Å². The summed E-state index contributed by atoms with van der Waals surface area (Å²) in [6.45, 7) is 15.0. The number of rotatable bonds is 65. The Kier molecular flexibility index (Phi) is 58.8. The maximum atomic E-state index is 14.4. The number of nitrogens with zero attached hydrogens (tertiary/aromatic N) is 3. The zero-order valence-electron chi connectivity index (χ0n) is 55.1. The second-order valence-corrected chi connectivity index (χ2v) is 27.9. The molecule has 17 heteroatoms. The lowest BCUT2D eigenvalue weighted by molar-refractivity contribution is -0.150. The van der Waals surface area contributed by atoms with Crippen LogP contribution in [0.15, 0.2) is 0 Å². The molecule has 16 nitrogen and oxygen atoms in total. The van der Waals surface area contributed by atoms with Gasteiger partial charge in [-0.15, -0.1) is 0 Å². The first-order chi connectivity index (χ1) is 40.8. The molecule has 0 aromatic rings. The zero-order valence-corrected chi connectivity index (χ0v) is 56.0. The first-order valence-corrected chi connectivity index (χ1v) is 37.1. The van der Waals surface area contributed by atoms with Crippen molar-refractivity contribution in [3.63, 3.8) is 0 Å². The van der Waals surface area contributed by atoms with Gasteiger partial charge in [0, 0.05) is 96.5 Å². The van der Waals surface area contributed by atoms with E-state index in [0.717, 1.165) is 161 Å². The molecule has 496 valence electrons. The van der Waals surface area contributed by atoms with Crippen molar-refractivity contribution in [2.45, 2.75) is 284 Å². The van der Waals surface area contributed by atoms with E-state index >= 15 is 0 Å². The van der Waals surface area contributed by atoms with Crippen molar-refractivity contribution in [1.29, 1.82) is 0 Å². The summed E-state index contributed by atoms with van der Waals surface area (Å²) >= 11 is 0. The third kappa shape index (κ3) is 55.9. The number of esters is 2. The van der Waals surface area contributed by atoms with Crippen LogP contribution in [0.5, 0.6) is 0 Å². The number of aliphatic hydroxyl groups excluding tert-OH is 2. The van der Waals surface area contributed by atoms with E-state index in [1.165, 1.54) is 96.3 Å². The Balaban J connectivity index is 5.27. The summed E-state index contributed by atoms with van der Waals surface area (Å²) in [7, 11) is 0.909. The average molecular weight is 1210 g/mol. The van der Waals surface area contributed by atoms with Crippen LogP contribution in [-0.2, 0) is 38.0 Å². The van der Waals surface area contributed by atoms with Gasteiger partial charge in [-0.05, 0) is 143 Å². The van der Waals surface area contributed by atoms with Crippen molar-refractivity contribution in [2.24, 2.45) is 0 Å². The quantitative estimate of drug-likeness (QED) is 0.0219. The van der Waals surface area contributed by atoms with Gasteiger partial charge in [0.15, 0.2) is 0 Å². The fraction of sp³-hybridized carbons (Fsp3) is 0.925. The minimum absolute atomic E-state index is 0.0290. The lowest BCUT2D eigenvalue weighted by Crippen LogP contribution is -2.30. The molecule has 0 aromatic carbocycles. The summed E-state index contributed by atoms with van der Waals surface area (Å²) in [5.41, 5.74) is 0. The van der Waals surface area contributed by atoms with E-state index in [0.29, 0.717) is 51.9 Å². The highest BCUT2D eigenvalue weighted by molar-refractivity contribution is 7.64. The monoisotopic (exact) mass is 1210 g/mol. The lowest BCUT2D eigenvalue weighted by atomic mass is 10.0. The van der Waals surface area contributed by atoms with Crippen LogP contribution >= 0.6 is 7.14 Å². The third-order valence-electron chi connectivity index (χ3n) is 16.2. The number of hydrogen-bond acceptors (Lipinski definition) is 13. The fourth-order valence-electron chi connectivity index (χ4n) is 10.6. The lowest BCUT2D eigenvalue weighted by Gasteiger charge is -2.22. The molecule has 0 bridgehead atoms. The van der Waals surface area contributed by atoms with E-state index in [4.69, 9.17) is 19.7 Å². The molecule has 3 amide bonds. The van der Waals surface area contributed by atoms with Gasteiger partial charge in [0.2, 0.25) is 17.7 Å². The van der Waals surface area contributed by atoms with E-state index in [1.807, 2.05) is 14.1 Å². The number of hydrogen-bond donors (Lipinski definition) is 5. The topological polar surface area (TPSA) is 207 Å². The number of ether oxygens (including phenoxy) is 2. The van der Waals surface area contributed by atoms with Crippen molar-refractivity contribution in [3.8, 4) is 0 Å².